The number of allylic oxidation sites excluding steroid dienone is 2. The number of hydrogen-bond acceptors (Lipinski definition) is 4. The second-order valence-corrected chi connectivity index (χ2v) is 2.56. The Bertz CT molecular complexity index is 279. The molecule has 0 aliphatic heterocycles. The molecule has 4 heteroatoms. The fraction of sp³-hybridized carbons (Fsp3) is 0.444. The van der Waals surface area contributed by atoms with Crippen LogP contribution in [0.2, 0.25) is 0 Å². The second kappa shape index (κ2) is 4.14. The highest BCUT2D eigenvalue weighted by atomic mass is 16.5. The lowest BCUT2D eigenvalue weighted by Gasteiger charge is -2.30. The summed E-state index contributed by atoms with van der Waals surface area (Å²) in [6, 6.07) is 0. The van der Waals surface area contributed by atoms with Gasteiger partial charge in [0.2, 0.25) is 11.8 Å². The van der Waals surface area contributed by atoms with Gasteiger partial charge >= 0.3 is 0 Å². The van der Waals surface area contributed by atoms with Crippen LogP contribution in [0.25, 0.3) is 0 Å². The zero-order valence-corrected chi connectivity index (χ0v) is 7.56. The third kappa shape index (κ3) is 1.75. The van der Waals surface area contributed by atoms with Gasteiger partial charge in [-0.2, -0.15) is 4.99 Å². The van der Waals surface area contributed by atoms with Gasteiger partial charge in [0.05, 0.1) is 0 Å². The van der Waals surface area contributed by atoms with Crippen molar-refractivity contribution < 1.29 is 14.3 Å². The van der Waals surface area contributed by atoms with Crippen molar-refractivity contribution in [3.05, 3.63) is 24.3 Å². The van der Waals surface area contributed by atoms with Crippen molar-refractivity contribution in [1.29, 1.82) is 0 Å². The smallest absolute Gasteiger partial charge is 0.238 e. The molecule has 0 heterocycles. The van der Waals surface area contributed by atoms with Gasteiger partial charge in [-0.15, -0.1) is 0 Å². The average molecular weight is 181 g/mol. The van der Waals surface area contributed by atoms with Gasteiger partial charge in [0.1, 0.15) is 6.10 Å². The molecule has 0 aromatic carbocycles. The normalized spacial score (nSPS) is 31.4. The molecule has 0 saturated heterocycles. The van der Waals surface area contributed by atoms with E-state index < -0.39 is 5.72 Å². The molecular weight excluding hydrogens is 170 g/mol. The molecule has 0 N–H and O–H groups in total. The van der Waals surface area contributed by atoms with Crippen LogP contribution in [0.15, 0.2) is 29.3 Å². The molecule has 0 aromatic heterocycles. The topological polar surface area (TPSA) is 47.9 Å². The molecule has 2 atom stereocenters. The zero-order chi connectivity index (χ0) is 9.73. The summed E-state index contributed by atoms with van der Waals surface area (Å²) in [7, 11) is 3.00. The molecule has 0 amide bonds. The first-order chi connectivity index (χ1) is 6.29. The molecular formula is C9H11NO3. The lowest BCUT2D eigenvalue weighted by Crippen LogP contribution is -2.41. The molecule has 13 heavy (non-hydrogen) atoms. The van der Waals surface area contributed by atoms with E-state index in [0.29, 0.717) is 0 Å². The summed E-state index contributed by atoms with van der Waals surface area (Å²) < 4.78 is 10.2. The van der Waals surface area contributed by atoms with E-state index in [2.05, 4.69) is 4.99 Å². The molecule has 1 aliphatic rings. The molecule has 70 valence electrons. The van der Waals surface area contributed by atoms with E-state index in [-0.39, 0.29) is 6.10 Å². The van der Waals surface area contributed by atoms with E-state index in [1.807, 2.05) is 6.08 Å². The quantitative estimate of drug-likeness (QED) is 0.478. The number of hydrogen-bond donors (Lipinski definition) is 0. The van der Waals surface area contributed by atoms with Crippen LogP contribution >= 0.6 is 0 Å². The Morgan fingerprint density at radius 2 is 2.23 bits per heavy atom. The highest BCUT2D eigenvalue weighted by Gasteiger charge is 2.36. The van der Waals surface area contributed by atoms with Crippen molar-refractivity contribution in [3.8, 4) is 0 Å². The number of methoxy groups -OCH3 is 2. The van der Waals surface area contributed by atoms with E-state index in [1.54, 1.807) is 18.2 Å². The Morgan fingerprint density at radius 1 is 1.46 bits per heavy atom. The predicted octanol–water partition coefficient (Wildman–Crippen LogP) is 0.806. The molecule has 0 aromatic rings. The molecule has 0 saturated carbocycles. The van der Waals surface area contributed by atoms with Crippen LogP contribution < -0.4 is 0 Å². The average Bonchev–Trinajstić information content (AvgIpc) is 2.19. The highest BCUT2D eigenvalue weighted by Crippen LogP contribution is 2.25. The maximum atomic E-state index is 10.2. The summed E-state index contributed by atoms with van der Waals surface area (Å²) in [5.74, 6) is 0. The highest BCUT2D eigenvalue weighted by molar-refractivity contribution is 5.38. The van der Waals surface area contributed by atoms with Crippen molar-refractivity contribution >= 4 is 6.08 Å². The molecule has 1 aliphatic carbocycles. The third-order valence-electron chi connectivity index (χ3n) is 1.94. The second-order valence-electron chi connectivity index (χ2n) is 2.56. The molecule has 0 radical (unpaired) electrons. The zero-order valence-electron chi connectivity index (χ0n) is 7.56. The first kappa shape index (κ1) is 9.86. The summed E-state index contributed by atoms with van der Waals surface area (Å²) in [6.07, 6.45) is 8.08. The van der Waals surface area contributed by atoms with Gasteiger partial charge in [0.25, 0.3) is 0 Å². The Kier molecular flexibility index (Phi) is 3.14. The largest absolute Gasteiger partial charge is 0.372 e. The van der Waals surface area contributed by atoms with Gasteiger partial charge in [-0.05, 0) is 6.08 Å². The Hall–Kier alpha value is -1.22. The Balaban J connectivity index is 3.01. The lowest BCUT2D eigenvalue weighted by molar-refractivity contribution is -0.0604. The number of ether oxygens (including phenoxy) is 2. The molecule has 0 fully saturated rings. The first-order valence-corrected chi connectivity index (χ1v) is 3.82. The van der Waals surface area contributed by atoms with Gasteiger partial charge < -0.3 is 9.47 Å². The van der Waals surface area contributed by atoms with Crippen LogP contribution in [0.3, 0.4) is 0 Å². The van der Waals surface area contributed by atoms with E-state index >= 15 is 0 Å². The number of isocyanates is 1. The standard InChI is InChI=1S/C9H11NO3/c1-12-8-5-3-4-6-9(8,13-2)10-7-11/h3-6,8H,1-2H3. The van der Waals surface area contributed by atoms with Crippen LogP contribution in [0.4, 0.5) is 0 Å². The lowest BCUT2D eigenvalue weighted by atomic mass is 10.0. The number of aliphatic imine (C=N–C) groups is 1. The van der Waals surface area contributed by atoms with Gasteiger partial charge in [-0.25, -0.2) is 4.79 Å². The van der Waals surface area contributed by atoms with Gasteiger partial charge in [0, 0.05) is 14.2 Å². The summed E-state index contributed by atoms with van der Waals surface area (Å²) >= 11 is 0. The molecule has 0 bridgehead atoms. The minimum atomic E-state index is -1.05. The van der Waals surface area contributed by atoms with Crippen molar-refractivity contribution in [2.45, 2.75) is 11.8 Å². The SMILES string of the molecule is COC1C=CC=CC1(N=C=O)OC. The minimum Gasteiger partial charge on any atom is -0.372 e. The Labute approximate surface area is 76.6 Å². The molecule has 4 nitrogen and oxygen atoms in total. The van der Waals surface area contributed by atoms with Crippen molar-refractivity contribution in [2.24, 2.45) is 4.99 Å². The summed E-state index contributed by atoms with van der Waals surface area (Å²) in [5, 5.41) is 0. The maximum absolute atomic E-state index is 10.2. The van der Waals surface area contributed by atoms with Crippen LogP contribution in [-0.4, -0.2) is 32.1 Å². The first-order valence-electron chi connectivity index (χ1n) is 3.82. The number of nitrogens with zero attached hydrogens (tertiary/aromatic N) is 1. The summed E-state index contributed by atoms with van der Waals surface area (Å²) in [4.78, 5) is 13.8. The monoisotopic (exact) mass is 181 g/mol. The fourth-order valence-electron chi connectivity index (χ4n) is 1.24. The van der Waals surface area contributed by atoms with E-state index in [0.717, 1.165) is 0 Å². The molecule has 2 unspecified atom stereocenters. The van der Waals surface area contributed by atoms with E-state index in [4.69, 9.17) is 9.47 Å². The van der Waals surface area contributed by atoms with Crippen molar-refractivity contribution in [1.82, 2.24) is 0 Å². The minimum absolute atomic E-state index is 0.385. The van der Waals surface area contributed by atoms with Crippen LogP contribution in [0.5, 0.6) is 0 Å². The summed E-state index contributed by atoms with van der Waals surface area (Å²) in [5.41, 5.74) is -1.05. The predicted molar refractivity (Wildman–Crippen MR) is 46.9 cm³/mol. The molecule has 1 rings (SSSR count). The van der Waals surface area contributed by atoms with Crippen LogP contribution in [0.1, 0.15) is 0 Å². The molecule has 0 spiro atoms. The van der Waals surface area contributed by atoms with E-state index in [1.165, 1.54) is 20.3 Å². The third-order valence-corrected chi connectivity index (χ3v) is 1.94. The summed E-state index contributed by atoms with van der Waals surface area (Å²) in [6.45, 7) is 0. The maximum Gasteiger partial charge on any atom is 0.238 e. The van der Waals surface area contributed by atoms with Crippen molar-refractivity contribution in [3.63, 3.8) is 0 Å². The van der Waals surface area contributed by atoms with Gasteiger partial charge in [0.15, 0.2) is 0 Å². The Morgan fingerprint density at radius 3 is 2.77 bits per heavy atom. The van der Waals surface area contributed by atoms with Crippen LogP contribution in [-0.2, 0) is 14.3 Å². The number of carbonyl (C=O) groups excluding carboxylic acids is 1. The van der Waals surface area contributed by atoms with Gasteiger partial charge in [-0.3, -0.25) is 0 Å². The van der Waals surface area contributed by atoms with E-state index in [9.17, 15) is 4.79 Å². The fourth-order valence-corrected chi connectivity index (χ4v) is 1.24. The number of rotatable bonds is 3. The van der Waals surface area contributed by atoms with Gasteiger partial charge in [-0.1, -0.05) is 18.2 Å². The van der Waals surface area contributed by atoms with Crippen LogP contribution in [0, 0.1) is 0 Å². The van der Waals surface area contributed by atoms with Crippen molar-refractivity contribution in [2.75, 3.05) is 14.2 Å².